The molecule has 0 amide bonds. The van der Waals surface area contributed by atoms with Crippen molar-refractivity contribution in [2.75, 3.05) is 5.32 Å². The van der Waals surface area contributed by atoms with Gasteiger partial charge in [0.25, 0.3) is 0 Å². The van der Waals surface area contributed by atoms with Crippen LogP contribution in [0.4, 0.5) is 5.69 Å². The van der Waals surface area contributed by atoms with E-state index in [4.69, 9.17) is 0 Å². The van der Waals surface area contributed by atoms with Gasteiger partial charge in [-0.05, 0) is 12.1 Å². The number of fused-ring (bicyclic) bond motifs is 1. The first kappa shape index (κ1) is 7.10. The lowest BCUT2D eigenvalue weighted by atomic mass is 10.0. The molecular weight excluding hydrogens is 150 g/mol. The summed E-state index contributed by atoms with van der Waals surface area (Å²) < 4.78 is 0. The number of allylic oxidation sites excluding steroid dienone is 1. The number of anilines is 1. The minimum absolute atomic E-state index is 0.148. The maximum absolute atomic E-state index is 11.4. The molecule has 0 aliphatic carbocycles. The maximum atomic E-state index is 11.4. The first-order valence-corrected chi connectivity index (χ1v) is 3.84. The van der Waals surface area contributed by atoms with E-state index in [1.165, 1.54) is 0 Å². The highest BCUT2D eigenvalue weighted by molar-refractivity contribution is 6.04. The first-order valence-electron chi connectivity index (χ1n) is 3.84. The topological polar surface area (TPSA) is 29.1 Å². The van der Waals surface area contributed by atoms with E-state index in [9.17, 15) is 4.79 Å². The summed E-state index contributed by atoms with van der Waals surface area (Å²) in [5.41, 5.74) is 2.42. The molecule has 1 aromatic carbocycles. The zero-order chi connectivity index (χ0) is 8.55. The average molecular weight is 159 g/mol. The minimum Gasteiger partial charge on any atom is -0.358 e. The Balaban J connectivity index is 2.54. The molecule has 1 aliphatic rings. The summed E-state index contributed by atoms with van der Waals surface area (Å²) in [5.74, 6) is 0.148. The van der Waals surface area contributed by atoms with Gasteiger partial charge in [-0.3, -0.25) is 4.79 Å². The SMILES string of the molecule is C=C1CC(=O)c2ccccc2N1. The van der Waals surface area contributed by atoms with Crippen LogP contribution in [0, 0.1) is 0 Å². The lowest BCUT2D eigenvalue weighted by Gasteiger charge is -2.18. The third-order valence-corrected chi connectivity index (χ3v) is 1.91. The molecule has 2 nitrogen and oxygen atoms in total. The summed E-state index contributed by atoms with van der Waals surface area (Å²) in [6.45, 7) is 3.73. The molecule has 0 aromatic heterocycles. The van der Waals surface area contributed by atoms with Crippen LogP contribution in [-0.2, 0) is 0 Å². The molecule has 0 saturated heterocycles. The van der Waals surface area contributed by atoms with E-state index < -0.39 is 0 Å². The standard InChI is InChI=1S/C10H9NO/c1-7-6-10(12)8-4-2-3-5-9(8)11-7/h2-5,11H,1,6H2. The van der Waals surface area contributed by atoms with Crippen LogP contribution in [0.2, 0.25) is 0 Å². The van der Waals surface area contributed by atoms with Crippen LogP contribution >= 0.6 is 0 Å². The van der Waals surface area contributed by atoms with Gasteiger partial charge in [-0.2, -0.15) is 0 Å². The van der Waals surface area contributed by atoms with Crippen molar-refractivity contribution in [3.63, 3.8) is 0 Å². The number of rotatable bonds is 0. The summed E-state index contributed by atoms with van der Waals surface area (Å²) in [4.78, 5) is 11.4. The van der Waals surface area contributed by atoms with E-state index in [0.717, 1.165) is 16.9 Å². The summed E-state index contributed by atoms with van der Waals surface area (Å²) in [6.07, 6.45) is 0.414. The average Bonchev–Trinajstić information content (AvgIpc) is 2.04. The van der Waals surface area contributed by atoms with Crippen LogP contribution < -0.4 is 5.32 Å². The van der Waals surface area contributed by atoms with Crippen LogP contribution in [0.25, 0.3) is 0 Å². The van der Waals surface area contributed by atoms with Crippen molar-refractivity contribution in [1.82, 2.24) is 0 Å². The Morgan fingerprint density at radius 2 is 2.08 bits per heavy atom. The Labute approximate surface area is 70.9 Å². The Morgan fingerprint density at radius 1 is 1.33 bits per heavy atom. The Kier molecular flexibility index (Phi) is 1.47. The van der Waals surface area contributed by atoms with Crippen molar-refractivity contribution in [2.24, 2.45) is 0 Å². The zero-order valence-corrected chi connectivity index (χ0v) is 6.63. The van der Waals surface area contributed by atoms with Crippen molar-refractivity contribution in [3.05, 3.63) is 42.1 Å². The number of nitrogens with one attached hydrogen (secondary N) is 1. The molecule has 60 valence electrons. The molecule has 2 heteroatoms. The van der Waals surface area contributed by atoms with Crippen molar-refractivity contribution >= 4 is 11.5 Å². The lowest BCUT2D eigenvalue weighted by Crippen LogP contribution is -2.15. The molecule has 0 atom stereocenters. The van der Waals surface area contributed by atoms with E-state index >= 15 is 0 Å². The van der Waals surface area contributed by atoms with Gasteiger partial charge in [-0.15, -0.1) is 0 Å². The van der Waals surface area contributed by atoms with Crippen LogP contribution in [0.1, 0.15) is 16.8 Å². The molecule has 0 bridgehead atoms. The molecule has 1 N–H and O–H groups in total. The number of hydrogen-bond donors (Lipinski definition) is 1. The zero-order valence-electron chi connectivity index (χ0n) is 6.63. The molecule has 1 aromatic rings. The Morgan fingerprint density at radius 3 is 2.92 bits per heavy atom. The second-order valence-electron chi connectivity index (χ2n) is 2.87. The molecule has 0 unspecified atom stereocenters. The molecule has 0 fully saturated rings. The molecule has 0 saturated carbocycles. The van der Waals surface area contributed by atoms with Crippen LogP contribution in [0.15, 0.2) is 36.5 Å². The molecule has 1 heterocycles. The molecule has 12 heavy (non-hydrogen) atoms. The minimum atomic E-state index is 0.148. The fourth-order valence-corrected chi connectivity index (χ4v) is 1.36. The number of Topliss-reactive ketones (excluding diaryl/α,β-unsaturated/α-hetero) is 1. The van der Waals surface area contributed by atoms with Gasteiger partial charge in [-0.25, -0.2) is 0 Å². The van der Waals surface area contributed by atoms with Crippen molar-refractivity contribution in [1.29, 1.82) is 0 Å². The number of hydrogen-bond acceptors (Lipinski definition) is 2. The van der Waals surface area contributed by atoms with Gasteiger partial charge in [0.2, 0.25) is 0 Å². The second kappa shape index (κ2) is 2.48. The predicted octanol–water partition coefficient (Wildman–Crippen LogP) is 2.20. The van der Waals surface area contributed by atoms with Gasteiger partial charge in [0, 0.05) is 16.9 Å². The van der Waals surface area contributed by atoms with Gasteiger partial charge in [-0.1, -0.05) is 18.7 Å². The number of carbonyl (C=O) groups excluding carboxylic acids is 1. The van der Waals surface area contributed by atoms with Crippen LogP contribution in [-0.4, -0.2) is 5.78 Å². The highest BCUT2D eigenvalue weighted by Gasteiger charge is 2.17. The number of benzene rings is 1. The second-order valence-corrected chi connectivity index (χ2v) is 2.87. The van der Waals surface area contributed by atoms with Gasteiger partial charge < -0.3 is 5.32 Å². The third-order valence-electron chi connectivity index (χ3n) is 1.91. The smallest absolute Gasteiger partial charge is 0.170 e. The van der Waals surface area contributed by atoms with E-state index in [1.54, 1.807) is 0 Å². The third kappa shape index (κ3) is 1.01. The maximum Gasteiger partial charge on any atom is 0.170 e. The first-order chi connectivity index (χ1) is 5.77. The number of para-hydroxylation sites is 1. The van der Waals surface area contributed by atoms with E-state index in [2.05, 4.69) is 11.9 Å². The van der Waals surface area contributed by atoms with Crippen molar-refractivity contribution in [3.8, 4) is 0 Å². The molecule has 1 aliphatic heterocycles. The normalized spacial score (nSPS) is 15.3. The number of ketones is 1. The van der Waals surface area contributed by atoms with E-state index in [1.807, 2.05) is 24.3 Å². The summed E-state index contributed by atoms with van der Waals surface area (Å²) >= 11 is 0. The molecule has 0 radical (unpaired) electrons. The summed E-state index contributed by atoms with van der Waals surface area (Å²) in [7, 11) is 0. The highest BCUT2D eigenvalue weighted by atomic mass is 16.1. The van der Waals surface area contributed by atoms with Crippen molar-refractivity contribution < 1.29 is 4.79 Å². The Bertz CT molecular complexity index is 355. The van der Waals surface area contributed by atoms with Crippen LogP contribution in [0.3, 0.4) is 0 Å². The van der Waals surface area contributed by atoms with Crippen LogP contribution in [0.5, 0.6) is 0 Å². The fraction of sp³-hybridized carbons (Fsp3) is 0.100. The number of carbonyl (C=O) groups is 1. The van der Waals surface area contributed by atoms with Crippen molar-refractivity contribution in [2.45, 2.75) is 6.42 Å². The lowest BCUT2D eigenvalue weighted by molar-refractivity contribution is 0.0991. The summed E-state index contributed by atoms with van der Waals surface area (Å²) in [5, 5.41) is 3.07. The monoisotopic (exact) mass is 159 g/mol. The largest absolute Gasteiger partial charge is 0.358 e. The van der Waals surface area contributed by atoms with Gasteiger partial charge in [0.1, 0.15) is 0 Å². The molecular formula is C10H9NO. The van der Waals surface area contributed by atoms with Gasteiger partial charge >= 0.3 is 0 Å². The fourth-order valence-electron chi connectivity index (χ4n) is 1.36. The predicted molar refractivity (Wildman–Crippen MR) is 48.2 cm³/mol. The molecule has 0 spiro atoms. The van der Waals surface area contributed by atoms with E-state index in [-0.39, 0.29) is 5.78 Å². The van der Waals surface area contributed by atoms with E-state index in [0.29, 0.717) is 6.42 Å². The Hall–Kier alpha value is -1.57. The molecule has 2 rings (SSSR count). The van der Waals surface area contributed by atoms with Gasteiger partial charge in [0.05, 0.1) is 6.42 Å². The van der Waals surface area contributed by atoms with Gasteiger partial charge in [0.15, 0.2) is 5.78 Å². The highest BCUT2D eigenvalue weighted by Crippen LogP contribution is 2.24. The summed E-state index contributed by atoms with van der Waals surface area (Å²) in [6, 6.07) is 7.49. The quantitative estimate of drug-likeness (QED) is 0.628.